The van der Waals surface area contributed by atoms with E-state index in [1.165, 1.54) is 6.07 Å². The van der Waals surface area contributed by atoms with Crippen molar-refractivity contribution < 1.29 is 64.3 Å². The van der Waals surface area contributed by atoms with Crippen molar-refractivity contribution in [2.75, 3.05) is 0 Å². The normalized spacial score (nSPS) is 11.8. The van der Waals surface area contributed by atoms with Crippen LogP contribution in [0.25, 0.3) is 0 Å². The molecule has 0 aromatic rings. The molecule has 0 rings (SSSR count). The molecule has 0 bridgehead atoms. The number of allylic oxidation sites excluding steroid dienone is 1. The van der Waals surface area contributed by atoms with Crippen LogP contribution in [0.5, 0.6) is 0 Å². The largest absolute Gasteiger partial charge is 1.00 e. The van der Waals surface area contributed by atoms with E-state index < -0.39 is 6.98 Å². The maximum Gasteiger partial charge on any atom is 1.00 e. The van der Waals surface area contributed by atoms with Gasteiger partial charge in [0.2, 0.25) is 0 Å². The van der Waals surface area contributed by atoms with E-state index in [0.717, 1.165) is 0 Å². The Kier molecular flexibility index (Phi) is 9.07. The second-order valence-corrected chi connectivity index (χ2v) is 2.18. The van der Waals surface area contributed by atoms with E-state index in [4.69, 9.17) is 5.26 Å². The molecule has 0 fully saturated rings. The molecule has 12 heavy (non-hydrogen) atoms. The Balaban J connectivity index is 0. The van der Waals surface area contributed by atoms with Gasteiger partial charge in [-0.2, -0.15) is 5.26 Å². The van der Waals surface area contributed by atoms with Crippen molar-refractivity contribution in [3.05, 3.63) is 11.5 Å². The fourth-order valence-corrected chi connectivity index (χ4v) is 0.674. The van der Waals surface area contributed by atoms with Gasteiger partial charge in [-0.05, 0) is 12.0 Å². The fraction of sp³-hybridized carbons (Fsp3) is 0.500. The Labute approximate surface area is 112 Å². The van der Waals surface area contributed by atoms with Crippen molar-refractivity contribution in [3.8, 4) is 6.07 Å². The van der Waals surface area contributed by atoms with E-state index in [9.17, 15) is 12.9 Å². The monoisotopic (exact) mass is 201 g/mol. The average molecular weight is 201 g/mol. The second kappa shape index (κ2) is 7.16. The van der Waals surface area contributed by atoms with E-state index in [1.807, 2.05) is 0 Å². The van der Waals surface area contributed by atoms with E-state index in [-0.39, 0.29) is 69.4 Å². The first-order valence-electron chi connectivity index (χ1n) is 3.31. The Morgan fingerprint density at radius 1 is 1.50 bits per heavy atom. The van der Waals surface area contributed by atoms with Crippen molar-refractivity contribution in [3.63, 3.8) is 0 Å². The zero-order valence-electron chi connectivity index (χ0n) is 7.15. The molecule has 62 valence electrons. The van der Waals surface area contributed by atoms with Crippen LogP contribution in [0.3, 0.4) is 0 Å². The summed E-state index contributed by atoms with van der Waals surface area (Å²) in [4.78, 5) is 0. The summed E-state index contributed by atoms with van der Waals surface area (Å²) in [5.74, 6) is 0.115. The molecule has 0 aromatic heterocycles. The summed E-state index contributed by atoms with van der Waals surface area (Å²) in [5, 5.41) is 8.21. The van der Waals surface area contributed by atoms with Gasteiger partial charge in [0.1, 0.15) is 0 Å². The Hall–Kier alpha value is 0.721. The molecule has 0 spiro atoms. The molecule has 0 N–H and O–H groups in total. The topological polar surface area (TPSA) is 23.8 Å². The molecular weight excluding hydrogens is 193 g/mol. The standard InChI is InChI=1S/C6H8BF3N.K/c1-2-3-6(5-11)4-7(8,9)10;/h4H,2-3H2,1H3;/q-1;+1/b6-4-;. The van der Waals surface area contributed by atoms with Crippen LogP contribution in [0.1, 0.15) is 19.8 Å². The third kappa shape index (κ3) is 8.81. The van der Waals surface area contributed by atoms with E-state index in [2.05, 4.69) is 0 Å². The van der Waals surface area contributed by atoms with Crippen molar-refractivity contribution in [1.82, 2.24) is 0 Å². The van der Waals surface area contributed by atoms with Gasteiger partial charge < -0.3 is 12.9 Å². The molecule has 1 nitrogen and oxygen atoms in total. The van der Waals surface area contributed by atoms with Crippen molar-refractivity contribution in [1.29, 1.82) is 5.26 Å². The number of rotatable bonds is 3. The van der Waals surface area contributed by atoms with E-state index in [1.54, 1.807) is 6.92 Å². The minimum absolute atomic E-state index is 0. The minimum atomic E-state index is -4.95. The van der Waals surface area contributed by atoms with Crippen LogP contribution < -0.4 is 51.4 Å². The van der Waals surface area contributed by atoms with Crippen LogP contribution >= 0.6 is 0 Å². The van der Waals surface area contributed by atoms with Crippen LogP contribution in [0.15, 0.2) is 11.5 Å². The Morgan fingerprint density at radius 3 is 2.25 bits per heavy atom. The Bertz CT molecular complexity index is 194. The maximum absolute atomic E-state index is 11.7. The van der Waals surface area contributed by atoms with Gasteiger partial charge >= 0.3 is 58.4 Å². The number of hydrogen-bond acceptors (Lipinski definition) is 1. The molecule has 0 saturated carbocycles. The summed E-state index contributed by atoms with van der Waals surface area (Å²) in [6.45, 7) is -3.22. The zero-order valence-corrected chi connectivity index (χ0v) is 10.3. The van der Waals surface area contributed by atoms with Crippen LogP contribution in [0.4, 0.5) is 12.9 Å². The number of hydrogen-bond donors (Lipinski definition) is 0. The molecule has 0 aliphatic carbocycles. The summed E-state index contributed by atoms with van der Waals surface area (Å²) in [5.41, 5.74) is -0.181. The van der Waals surface area contributed by atoms with Gasteiger partial charge in [0.25, 0.3) is 0 Å². The molecule has 0 amide bonds. The van der Waals surface area contributed by atoms with Gasteiger partial charge in [0.15, 0.2) is 0 Å². The molecule has 0 aliphatic rings. The van der Waals surface area contributed by atoms with Crippen molar-refractivity contribution >= 4 is 6.98 Å². The predicted molar refractivity (Wildman–Crippen MR) is 37.7 cm³/mol. The summed E-state index contributed by atoms with van der Waals surface area (Å²) in [7, 11) is 0. The third-order valence-corrected chi connectivity index (χ3v) is 1.05. The average Bonchev–Trinajstić information content (AvgIpc) is 1.84. The van der Waals surface area contributed by atoms with Crippen molar-refractivity contribution in [2.45, 2.75) is 19.8 Å². The first kappa shape index (κ1) is 15.2. The van der Waals surface area contributed by atoms with Crippen molar-refractivity contribution in [2.24, 2.45) is 0 Å². The number of nitriles is 1. The molecule has 0 aliphatic heterocycles. The molecule has 6 heteroatoms. The molecule has 0 radical (unpaired) electrons. The van der Waals surface area contributed by atoms with Crippen LogP contribution in [-0.4, -0.2) is 6.98 Å². The molecule has 0 heterocycles. The van der Waals surface area contributed by atoms with Crippen LogP contribution in [-0.2, 0) is 0 Å². The quantitative estimate of drug-likeness (QED) is 0.451. The van der Waals surface area contributed by atoms with Gasteiger partial charge in [0.05, 0.1) is 6.07 Å². The van der Waals surface area contributed by atoms with E-state index >= 15 is 0 Å². The second-order valence-electron chi connectivity index (χ2n) is 2.18. The zero-order chi connectivity index (χ0) is 8.91. The third-order valence-electron chi connectivity index (χ3n) is 1.05. The van der Waals surface area contributed by atoms with Crippen LogP contribution in [0, 0.1) is 11.3 Å². The maximum atomic E-state index is 11.7. The molecule has 0 aromatic carbocycles. The molecular formula is C6H8BF3KN. The van der Waals surface area contributed by atoms with Gasteiger partial charge in [-0.15, -0.1) is 5.98 Å². The summed E-state index contributed by atoms with van der Waals surface area (Å²) in [6.07, 6.45) is 0.767. The molecule has 0 saturated heterocycles. The van der Waals surface area contributed by atoms with Gasteiger partial charge in [-0.1, -0.05) is 13.3 Å². The predicted octanol–water partition coefficient (Wildman–Crippen LogP) is -0.373. The van der Waals surface area contributed by atoms with Gasteiger partial charge in [0, 0.05) is 0 Å². The number of nitrogens with zero attached hydrogens (tertiary/aromatic N) is 1. The molecule has 0 unspecified atom stereocenters. The summed E-state index contributed by atoms with van der Waals surface area (Å²) in [6, 6.07) is 1.52. The minimum Gasteiger partial charge on any atom is -0.445 e. The summed E-state index contributed by atoms with van der Waals surface area (Å²) >= 11 is 0. The fourth-order valence-electron chi connectivity index (χ4n) is 0.674. The number of halogens is 3. The molecule has 0 atom stereocenters. The first-order valence-corrected chi connectivity index (χ1v) is 3.31. The van der Waals surface area contributed by atoms with Gasteiger partial charge in [-0.3, -0.25) is 0 Å². The summed E-state index contributed by atoms with van der Waals surface area (Å²) < 4.78 is 35.0. The Morgan fingerprint density at radius 2 is 2.00 bits per heavy atom. The van der Waals surface area contributed by atoms with Crippen LogP contribution in [0.2, 0.25) is 0 Å². The van der Waals surface area contributed by atoms with E-state index in [0.29, 0.717) is 6.42 Å². The smallest absolute Gasteiger partial charge is 0.445 e. The first-order chi connectivity index (χ1) is 4.99. The van der Waals surface area contributed by atoms with Gasteiger partial charge in [-0.25, -0.2) is 0 Å². The SMILES string of the molecule is CCC/C(C#N)=C/[B-](F)(F)F.[K+].